The molecule has 176 valence electrons. The van der Waals surface area contributed by atoms with Crippen molar-refractivity contribution < 1.29 is 22.7 Å². The molecule has 33 heavy (non-hydrogen) atoms. The van der Waals surface area contributed by atoms with E-state index in [2.05, 4.69) is 15.9 Å². The molecule has 0 unspecified atom stereocenters. The third-order valence-corrected chi connectivity index (χ3v) is 7.30. The minimum Gasteiger partial charge on any atom is -0.444 e. The molecule has 0 atom stereocenters. The molecule has 0 radical (unpaired) electrons. The zero-order valence-electron chi connectivity index (χ0n) is 18.9. The first-order chi connectivity index (χ1) is 15.5. The van der Waals surface area contributed by atoms with Gasteiger partial charge in [-0.15, -0.1) is 0 Å². The SMILES string of the molecule is CC(C)C(=O)n1cc(CN(C(=O)OCc2ccccc2)S(=O)(=O)N(C)C)c2ccc(Br)cc21. The third-order valence-electron chi connectivity index (χ3n) is 5.04. The second-order valence-electron chi connectivity index (χ2n) is 8.02. The summed E-state index contributed by atoms with van der Waals surface area (Å²) in [7, 11) is -1.47. The lowest BCUT2D eigenvalue weighted by molar-refractivity contribution is 0.0860. The molecule has 8 nitrogen and oxygen atoms in total. The summed E-state index contributed by atoms with van der Waals surface area (Å²) < 4.78 is 35.2. The fourth-order valence-electron chi connectivity index (χ4n) is 3.24. The van der Waals surface area contributed by atoms with Crippen molar-refractivity contribution in [2.75, 3.05) is 14.1 Å². The van der Waals surface area contributed by atoms with Gasteiger partial charge in [0, 0.05) is 36.1 Å². The number of aromatic nitrogens is 1. The predicted molar refractivity (Wildman–Crippen MR) is 130 cm³/mol. The van der Waals surface area contributed by atoms with Crippen LogP contribution in [0.25, 0.3) is 10.9 Å². The van der Waals surface area contributed by atoms with Crippen LogP contribution in [-0.4, -0.2) is 47.7 Å². The van der Waals surface area contributed by atoms with Crippen LogP contribution in [0, 0.1) is 5.92 Å². The van der Waals surface area contributed by atoms with Gasteiger partial charge in [0.2, 0.25) is 5.91 Å². The van der Waals surface area contributed by atoms with E-state index >= 15 is 0 Å². The lowest BCUT2D eigenvalue weighted by atomic mass is 10.2. The quantitative estimate of drug-likeness (QED) is 0.439. The van der Waals surface area contributed by atoms with Crippen molar-refractivity contribution >= 4 is 49.0 Å². The van der Waals surface area contributed by atoms with Crippen LogP contribution in [0.1, 0.15) is 29.8 Å². The number of ether oxygens (including phenoxy) is 1. The fraction of sp³-hybridized carbons (Fsp3) is 0.304. The van der Waals surface area contributed by atoms with Crippen molar-refractivity contribution in [3.63, 3.8) is 0 Å². The first kappa shape index (κ1) is 24.9. The summed E-state index contributed by atoms with van der Waals surface area (Å²) in [4.78, 5) is 25.7. The van der Waals surface area contributed by atoms with E-state index in [1.807, 2.05) is 6.07 Å². The van der Waals surface area contributed by atoms with Crippen molar-refractivity contribution in [2.24, 2.45) is 5.92 Å². The molecule has 1 amide bonds. The van der Waals surface area contributed by atoms with Gasteiger partial charge < -0.3 is 4.74 Å². The van der Waals surface area contributed by atoms with Crippen LogP contribution in [-0.2, 0) is 28.1 Å². The topological polar surface area (TPSA) is 88.9 Å². The maximum Gasteiger partial charge on any atom is 0.425 e. The number of hydrogen-bond donors (Lipinski definition) is 0. The summed E-state index contributed by atoms with van der Waals surface area (Å²) >= 11 is 3.42. The number of amides is 1. The van der Waals surface area contributed by atoms with E-state index in [-0.39, 0.29) is 25.0 Å². The first-order valence-corrected chi connectivity index (χ1v) is 12.5. The van der Waals surface area contributed by atoms with Gasteiger partial charge in [-0.05, 0) is 23.3 Å². The Kier molecular flexibility index (Phi) is 7.61. The van der Waals surface area contributed by atoms with E-state index in [1.165, 1.54) is 18.7 Å². The van der Waals surface area contributed by atoms with Crippen LogP contribution in [0.2, 0.25) is 0 Å². The molecule has 0 aliphatic rings. The smallest absolute Gasteiger partial charge is 0.425 e. The van der Waals surface area contributed by atoms with Gasteiger partial charge in [0.15, 0.2) is 0 Å². The van der Waals surface area contributed by atoms with Crippen LogP contribution in [0.3, 0.4) is 0 Å². The molecular formula is C23H26BrN3O5S. The zero-order chi connectivity index (χ0) is 24.3. The number of rotatable bonds is 7. The predicted octanol–water partition coefficient (Wildman–Crippen LogP) is 4.65. The van der Waals surface area contributed by atoms with Gasteiger partial charge in [-0.25, -0.2) is 4.79 Å². The highest BCUT2D eigenvalue weighted by Gasteiger charge is 2.32. The van der Waals surface area contributed by atoms with E-state index in [1.54, 1.807) is 62.5 Å². The average Bonchev–Trinajstić information content (AvgIpc) is 3.12. The van der Waals surface area contributed by atoms with E-state index in [0.717, 1.165) is 14.3 Å². The van der Waals surface area contributed by atoms with Crippen LogP contribution in [0.4, 0.5) is 4.79 Å². The monoisotopic (exact) mass is 535 g/mol. The molecule has 0 saturated carbocycles. The molecule has 0 saturated heterocycles. The fourth-order valence-corrected chi connectivity index (χ4v) is 4.53. The molecule has 0 N–H and O–H groups in total. The lowest BCUT2D eigenvalue weighted by Gasteiger charge is -2.24. The molecule has 0 aliphatic carbocycles. The van der Waals surface area contributed by atoms with Crippen molar-refractivity contribution in [1.29, 1.82) is 0 Å². The highest BCUT2D eigenvalue weighted by Crippen LogP contribution is 2.28. The molecule has 10 heteroatoms. The number of carbonyl (C=O) groups excluding carboxylic acids is 2. The Balaban J connectivity index is 2.01. The summed E-state index contributed by atoms with van der Waals surface area (Å²) in [6, 6.07) is 14.4. The first-order valence-electron chi connectivity index (χ1n) is 10.3. The van der Waals surface area contributed by atoms with E-state index in [9.17, 15) is 18.0 Å². The Morgan fingerprint density at radius 3 is 2.36 bits per heavy atom. The van der Waals surface area contributed by atoms with Crippen molar-refractivity contribution in [1.82, 2.24) is 13.2 Å². The molecule has 0 fully saturated rings. The van der Waals surface area contributed by atoms with E-state index < -0.39 is 16.3 Å². The molecule has 0 aliphatic heterocycles. The average molecular weight is 536 g/mol. The minimum absolute atomic E-state index is 0.0698. The van der Waals surface area contributed by atoms with Crippen LogP contribution in [0.5, 0.6) is 0 Å². The molecular weight excluding hydrogens is 510 g/mol. The standard InChI is InChI=1S/C23H26BrN3O5S/c1-16(2)22(28)26-13-18(20-11-10-19(24)12-21(20)26)14-27(33(30,31)25(3)4)23(29)32-15-17-8-6-5-7-9-17/h5-13,16H,14-15H2,1-4H3. The van der Waals surface area contributed by atoms with Crippen molar-refractivity contribution in [2.45, 2.75) is 27.0 Å². The highest BCUT2D eigenvalue weighted by molar-refractivity contribution is 9.10. The van der Waals surface area contributed by atoms with Gasteiger partial charge in [-0.3, -0.25) is 9.36 Å². The summed E-state index contributed by atoms with van der Waals surface area (Å²) in [5.41, 5.74) is 1.86. The maximum atomic E-state index is 13.0. The number of nitrogens with zero attached hydrogens (tertiary/aromatic N) is 3. The van der Waals surface area contributed by atoms with Gasteiger partial charge in [0.05, 0.1) is 12.1 Å². The van der Waals surface area contributed by atoms with Gasteiger partial charge in [-0.1, -0.05) is 66.2 Å². The number of carbonyl (C=O) groups is 2. The summed E-state index contributed by atoms with van der Waals surface area (Å²) in [5, 5.41) is 0.669. The largest absolute Gasteiger partial charge is 0.444 e. The van der Waals surface area contributed by atoms with Crippen LogP contribution >= 0.6 is 15.9 Å². The van der Waals surface area contributed by atoms with E-state index in [4.69, 9.17) is 4.74 Å². The Morgan fingerprint density at radius 1 is 1.09 bits per heavy atom. The summed E-state index contributed by atoms with van der Waals surface area (Å²) in [5.74, 6) is -0.414. The third kappa shape index (κ3) is 5.45. The Bertz CT molecular complexity index is 1270. The Morgan fingerprint density at radius 2 is 1.76 bits per heavy atom. The molecule has 1 heterocycles. The van der Waals surface area contributed by atoms with Gasteiger partial charge in [0.25, 0.3) is 0 Å². The normalized spacial score (nSPS) is 11.8. The molecule has 0 bridgehead atoms. The maximum absolute atomic E-state index is 13.0. The zero-order valence-corrected chi connectivity index (χ0v) is 21.3. The van der Waals surface area contributed by atoms with Crippen LogP contribution in [0.15, 0.2) is 59.2 Å². The summed E-state index contributed by atoms with van der Waals surface area (Å²) in [6.45, 7) is 3.22. The second kappa shape index (κ2) is 10.1. The minimum atomic E-state index is -4.16. The van der Waals surface area contributed by atoms with Gasteiger partial charge in [-0.2, -0.15) is 17.0 Å². The van der Waals surface area contributed by atoms with Gasteiger partial charge in [0.1, 0.15) is 6.61 Å². The Labute approximate surface area is 202 Å². The number of benzene rings is 2. The Hall–Kier alpha value is -2.69. The molecule has 0 spiro atoms. The van der Waals surface area contributed by atoms with E-state index in [0.29, 0.717) is 20.8 Å². The highest BCUT2D eigenvalue weighted by atomic mass is 79.9. The molecule has 3 aromatic rings. The number of halogens is 1. The van der Waals surface area contributed by atoms with Gasteiger partial charge >= 0.3 is 16.3 Å². The van der Waals surface area contributed by atoms with Crippen molar-refractivity contribution in [3.05, 3.63) is 70.3 Å². The molecule has 1 aromatic heterocycles. The summed E-state index contributed by atoms with van der Waals surface area (Å²) in [6.07, 6.45) is 0.586. The van der Waals surface area contributed by atoms with Crippen LogP contribution < -0.4 is 0 Å². The number of fused-ring (bicyclic) bond motifs is 1. The molecule has 2 aromatic carbocycles. The van der Waals surface area contributed by atoms with Crippen molar-refractivity contribution in [3.8, 4) is 0 Å². The number of hydrogen-bond acceptors (Lipinski definition) is 5. The lowest BCUT2D eigenvalue weighted by Crippen LogP contribution is -2.43. The second-order valence-corrected chi connectivity index (χ2v) is 11.0. The molecule has 3 rings (SSSR count).